The maximum Gasteiger partial charge on any atom is 0.351 e. The second-order valence-electron chi connectivity index (χ2n) is 14.9. The molecule has 4 fully saturated rings. The van der Waals surface area contributed by atoms with Crippen LogP contribution in [-0.4, -0.2) is 41.2 Å². The number of esters is 4. The van der Waals surface area contributed by atoms with Gasteiger partial charge >= 0.3 is 29.5 Å². The van der Waals surface area contributed by atoms with E-state index in [2.05, 4.69) is 0 Å². The number of fused-ring (bicyclic) bond motifs is 7. The Morgan fingerprint density at radius 1 is 0.795 bits per heavy atom. The molecule has 1 aromatic heterocycles. The van der Waals surface area contributed by atoms with Gasteiger partial charge in [0.1, 0.15) is 11.7 Å². The van der Waals surface area contributed by atoms with Crippen molar-refractivity contribution in [1.82, 2.24) is 0 Å². The third-order valence-corrected chi connectivity index (χ3v) is 12.9. The molecule has 0 amide bonds. The second-order valence-corrected chi connectivity index (χ2v) is 14.9. The minimum atomic E-state index is -1.53. The first-order valence-electron chi connectivity index (χ1n) is 15.4. The topological polar surface area (TPSA) is 135 Å². The molecule has 2 aliphatic heterocycles. The Hall–Kier alpha value is -3.69. The van der Waals surface area contributed by atoms with Crippen molar-refractivity contribution in [1.29, 1.82) is 0 Å². The molecule has 0 N–H and O–H groups in total. The average molecular weight is 607 g/mol. The maximum atomic E-state index is 14.3. The largest absolute Gasteiger partial charge is 0.455 e. The summed E-state index contributed by atoms with van der Waals surface area (Å²) in [7, 11) is 0. The molecule has 2 aromatic rings. The fourth-order valence-corrected chi connectivity index (χ4v) is 8.71. The third-order valence-electron chi connectivity index (χ3n) is 12.9. The Balaban J connectivity index is 1.32. The van der Waals surface area contributed by atoms with Crippen molar-refractivity contribution < 1.29 is 42.5 Å². The summed E-state index contributed by atoms with van der Waals surface area (Å²) in [4.78, 5) is 66.8. The number of carbonyl (C=O) groups excluding carboxylic acids is 4. The first-order chi connectivity index (χ1) is 20.5. The van der Waals surface area contributed by atoms with Crippen molar-refractivity contribution in [2.45, 2.75) is 110 Å². The van der Waals surface area contributed by atoms with Gasteiger partial charge in [0.15, 0.2) is 6.10 Å². The van der Waals surface area contributed by atoms with Gasteiger partial charge in [0, 0.05) is 27.8 Å². The molecular weight excluding hydrogens is 568 g/mol. The molecule has 3 aliphatic carbocycles. The van der Waals surface area contributed by atoms with Crippen LogP contribution < -0.4 is 5.63 Å². The zero-order valence-corrected chi connectivity index (χ0v) is 26.2. The minimum Gasteiger partial charge on any atom is -0.455 e. The zero-order chi connectivity index (χ0) is 31.8. The zero-order valence-electron chi connectivity index (χ0n) is 26.2. The summed E-state index contributed by atoms with van der Waals surface area (Å²) in [5, 5.41) is 0.659. The Labute approximate surface area is 254 Å². The lowest BCUT2D eigenvalue weighted by Crippen LogP contribution is -2.52. The van der Waals surface area contributed by atoms with Crippen LogP contribution in [0.4, 0.5) is 0 Å². The van der Waals surface area contributed by atoms with Gasteiger partial charge in [-0.15, -0.1) is 0 Å². The Morgan fingerprint density at radius 3 is 1.84 bits per heavy atom. The van der Waals surface area contributed by atoms with Crippen LogP contribution in [0.15, 0.2) is 27.4 Å². The van der Waals surface area contributed by atoms with Gasteiger partial charge in [-0.2, -0.15) is 0 Å². The molecule has 6 atom stereocenters. The van der Waals surface area contributed by atoms with Crippen molar-refractivity contribution in [2.75, 3.05) is 0 Å². The molecule has 10 heteroatoms. The van der Waals surface area contributed by atoms with Gasteiger partial charge in [-0.3, -0.25) is 9.59 Å². The molecule has 7 rings (SSSR count). The van der Waals surface area contributed by atoms with Crippen LogP contribution in [0.1, 0.15) is 96.4 Å². The summed E-state index contributed by atoms with van der Waals surface area (Å²) < 4.78 is 29.9. The normalized spacial score (nSPS) is 37.4. The van der Waals surface area contributed by atoms with Crippen LogP contribution in [0.2, 0.25) is 0 Å². The first-order valence-corrected chi connectivity index (χ1v) is 15.4. The molecule has 4 bridgehead atoms. The summed E-state index contributed by atoms with van der Waals surface area (Å²) >= 11 is 0. The molecule has 234 valence electrons. The van der Waals surface area contributed by atoms with Crippen LogP contribution in [-0.2, 0) is 44.5 Å². The monoisotopic (exact) mass is 606 g/mol. The van der Waals surface area contributed by atoms with E-state index in [0.717, 1.165) is 5.56 Å². The summed E-state index contributed by atoms with van der Waals surface area (Å²) in [6.07, 6.45) is 0.141. The van der Waals surface area contributed by atoms with Gasteiger partial charge in [0.25, 0.3) is 0 Å². The van der Waals surface area contributed by atoms with E-state index in [-0.39, 0.29) is 5.58 Å². The van der Waals surface area contributed by atoms with E-state index in [4.69, 9.17) is 23.4 Å². The van der Waals surface area contributed by atoms with Crippen molar-refractivity contribution in [3.05, 3.63) is 45.3 Å². The van der Waals surface area contributed by atoms with E-state index in [0.29, 0.717) is 55.0 Å². The number of hydrogen-bond acceptors (Lipinski definition) is 10. The van der Waals surface area contributed by atoms with Gasteiger partial charge in [-0.25, -0.2) is 14.4 Å². The molecule has 5 aliphatic rings. The molecule has 44 heavy (non-hydrogen) atoms. The highest BCUT2D eigenvalue weighted by Gasteiger charge is 2.78. The van der Waals surface area contributed by atoms with Gasteiger partial charge in [0.05, 0.1) is 10.8 Å². The van der Waals surface area contributed by atoms with Crippen LogP contribution in [0.5, 0.6) is 0 Å². The Kier molecular flexibility index (Phi) is 5.62. The first kappa shape index (κ1) is 29.0. The average Bonchev–Trinajstić information content (AvgIpc) is 3.41. The fourth-order valence-electron chi connectivity index (χ4n) is 8.71. The number of hydrogen-bond donors (Lipinski definition) is 0. The summed E-state index contributed by atoms with van der Waals surface area (Å²) in [5.74, 6) is -2.30. The van der Waals surface area contributed by atoms with E-state index >= 15 is 0 Å². The SMILES string of the molecule is Cc1cc(=O)oc2c3c(ccc12)CC[C@H](OC(=O)C12CCC(C)(C(=O)O1)C2(C)C)[C@@H]3OC(=O)C12CCC(C)(C(=O)O1)C2(C)C. The number of benzene rings is 1. The van der Waals surface area contributed by atoms with Crippen LogP contribution in [0, 0.1) is 28.6 Å². The molecule has 1 aromatic carbocycles. The van der Waals surface area contributed by atoms with E-state index in [1.807, 2.05) is 53.7 Å². The lowest BCUT2D eigenvalue weighted by atomic mass is 9.66. The molecule has 0 radical (unpaired) electrons. The lowest BCUT2D eigenvalue weighted by molar-refractivity contribution is -0.203. The summed E-state index contributed by atoms with van der Waals surface area (Å²) in [6, 6.07) is 5.15. The van der Waals surface area contributed by atoms with Crippen molar-refractivity contribution in [3.8, 4) is 0 Å². The molecule has 0 spiro atoms. The van der Waals surface area contributed by atoms with Crippen LogP contribution in [0.25, 0.3) is 11.0 Å². The molecule has 3 heterocycles. The number of carbonyl (C=O) groups is 4. The van der Waals surface area contributed by atoms with Crippen molar-refractivity contribution in [2.24, 2.45) is 21.7 Å². The smallest absolute Gasteiger partial charge is 0.351 e. The lowest BCUT2D eigenvalue weighted by Gasteiger charge is -2.40. The predicted octanol–water partition coefficient (Wildman–Crippen LogP) is 4.79. The molecular formula is C34H38O10. The van der Waals surface area contributed by atoms with Crippen LogP contribution in [0.3, 0.4) is 0 Å². The predicted molar refractivity (Wildman–Crippen MR) is 154 cm³/mol. The highest BCUT2D eigenvalue weighted by molar-refractivity contribution is 5.95. The van der Waals surface area contributed by atoms with Gasteiger partial charge in [-0.05, 0) is 70.4 Å². The maximum absolute atomic E-state index is 14.3. The third kappa shape index (κ3) is 3.14. The Bertz CT molecular complexity index is 1750. The number of aryl methyl sites for hydroxylation is 2. The number of rotatable bonds is 4. The van der Waals surface area contributed by atoms with E-state index in [1.165, 1.54) is 6.07 Å². The van der Waals surface area contributed by atoms with Gasteiger partial charge in [-0.1, -0.05) is 39.8 Å². The highest BCUT2D eigenvalue weighted by atomic mass is 16.6. The molecule has 2 saturated heterocycles. The summed E-state index contributed by atoms with van der Waals surface area (Å²) in [6.45, 7) is 12.8. The van der Waals surface area contributed by atoms with Crippen LogP contribution >= 0.6 is 0 Å². The van der Waals surface area contributed by atoms with E-state index < -0.39 is 74.6 Å². The fraction of sp³-hybridized carbons (Fsp3) is 0.618. The van der Waals surface area contributed by atoms with Crippen molar-refractivity contribution >= 4 is 34.8 Å². The molecule has 10 nitrogen and oxygen atoms in total. The minimum absolute atomic E-state index is 0.252. The second kappa shape index (κ2) is 8.52. The molecule has 4 unspecified atom stereocenters. The van der Waals surface area contributed by atoms with E-state index in [9.17, 15) is 24.0 Å². The molecule has 2 saturated carbocycles. The van der Waals surface area contributed by atoms with E-state index in [1.54, 1.807) is 6.92 Å². The number of ether oxygens (including phenoxy) is 4. The highest BCUT2D eigenvalue weighted by Crippen LogP contribution is 2.67. The van der Waals surface area contributed by atoms with Gasteiger partial charge in [0.2, 0.25) is 11.2 Å². The van der Waals surface area contributed by atoms with Crippen molar-refractivity contribution in [3.63, 3.8) is 0 Å². The standard InChI is InChI=1S/C34H38O10/c1-17-16-21(35)41-23-19(17)10-8-18-9-11-20(40-27(38)33-14-12-31(6,25(36)43-33)29(33,2)3)24(22(18)23)42-28(39)34-15-13-32(7,26(37)44-34)30(34,4)5/h8,10,16,20,24H,9,11-15H2,1-7H3/t20-,24-,31?,32?,33?,34?/m0/s1. The Morgan fingerprint density at radius 2 is 1.34 bits per heavy atom. The van der Waals surface area contributed by atoms with Gasteiger partial charge < -0.3 is 23.4 Å². The summed E-state index contributed by atoms with van der Waals surface area (Å²) in [5.41, 5.74) is -4.80. The quantitative estimate of drug-likeness (QED) is 0.272.